The summed E-state index contributed by atoms with van der Waals surface area (Å²) in [6, 6.07) is 1.75. The van der Waals surface area contributed by atoms with Gasteiger partial charge < -0.3 is 4.74 Å². The molecular weight excluding hydrogens is 186 g/mol. The van der Waals surface area contributed by atoms with Crippen molar-refractivity contribution in [1.29, 1.82) is 0 Å². The molecule has 1 aliphatic heterocycles. The van der Waals surface area contributed by atoms with Crippen LogP contribution < -0.4 is 0 Å². The van der Waals surface area contributed by atoms with Gasteiger partial charge in [-0.15, -0.1) is 0 Å². The van der Waals surface area contributed by atoms with Crippen molar-refractivity contribution in [2.75, 3.05) is 0 Å². The lowest BCUT2D eigenvalue weighted by molar-refractivity contribution is 0.0437. The van der Waals surface area contributed by atoms with E-state index in [1.165, 1.54) is 11.5 Å². The van der Waals surface area contributed by atoms with Crippen LogP contribution in [0.2, 0.25) is 0 Å². The molecule has 1 aliphatic rings. The van der Waals surface area contributed by atoms with Gasteiger partial charge in [-0.05, 0) is 37.4 Å². The van der Waals surface area contributed by atoms with Crippen LogP contribution in [0.3, 0.4) is 0 Å². The Morgan fingerprint density at radius 2 is 2.54 bits per heavy atom. The molecule has 0 N–H and O–H groups in total. The van der Waals surface area contributed by atoms with Crippen LogP contribution in [0.1, 0.15) is 29.4 Å². The van der Waals surface area contributed by atoms with Gasteiger partial charge in [-0.1, -0.05) is 0 Å². The minimum absolute atomic E-state index is 0.0897. The molecule has 0 bridgehead atoms. The Balaban J connectivity index is 2.06. The third kappa shape index (κ3) is 1.78. The smallest absolute Gasteiger partial charge is 0.203 e. The summed E-state index contributed by atoms with van der Waals surface area (Å²) in [6.45, 7) is 2.00. The van der Waals surface area contributed by atoms with E-state index in [1.54, 1.807) is 12.3 Å². The molecule has 0 amide bonds. The molecule has 70 valence electrons. The highest BCUT2D eigenvalue weighted by molar-refractivity contribution is 7.08. The fourth-order valence-corrected chi connectivity index (χ4v) is 2.08. The summed E-state index contributed by atoms with van der Waals surface area (Å²) in [5.74, 6) is 0.0897. The van der Waals surface area contributed by atoms with E-state index in [9.17, 15) is 4.79 Å². The Kier molecular flexibility index (Phi) is 2.42. The number of carbonyl (C=O) groups is 1. The van der Waals surface area contributed by atoms with Crippen LogP contribution in [-0.4, -0.2) is 22.4 Å². The highest BCUT2D eigenvalue weighted by Gasteiger charge is 2.29. The Morgan fingerprint density at radius 1 is 1.69 bits per heavy atom. The number of hydrogen-bond acceptors (Lipinski definition) is 4. The van der Waals surface area contributed by atoms with Crippen molar-refractivity contribution >= 4 is 17.3 Å². The van der Waals surface area contributed by atoms with Crippen LogP contribution in [0.4, 0.5) is 0 Å². The first kappa shape index (κ1) is 8.84. The van der Waals surface area contributed by atoms with Gasteiger partial charge in [0.25, 0.3) is 0 Å². The van der Waals surface area contributed by atoms with Crippen LogP contribution in [0.25, 0.3) is 0 Å². The zero-order chi connectivity index (χ0) is 9.26. The summed E-state index contributed by atoms with van der Waals surface area (Å²) < 4.78 is 9.38. The van der Waals surface area contributed by atoms with Crippen LogP contribution in [-0.2, 0) is 4.74 Å². The highest BCUT2D eigenvalue weighted by Crippen LogP contribution is 2.23. The molecular formula is C9H11NO2S. The SMILES string of the molecule is CC1CCC(C(=O)c2ccns2)O1. The summed E-state index contributed by atoms with van der Waals surface area (Å²) >= 11 is 1.24. The molecule has 1 aromatic rings. The van der Waals surface area contributed by atoms with Gasteiger partial charge in [0.05, 0.1) is 11.0 Å². The number of nitrogens with zero attached hydrogens (tertiary/aromatic N) is 1. The summed E-state index contributed by atoms with van der Waals surface area (Å²) in [5.41, 5.74) is 0. The molecule has 0 aromatic carbocycles. The largest absolute Gasteiger partial charge is 0.367 e. The molecule has 1 aromatic heterocycles. The van der Waals surface area contributed by atoms with Crippen LogP contribution in [0.15, 0.2) is 12.3 Å². The molecule has 1 fully saturated rings. The van der Waals surface area contributed by atoms with E-state index in [-0.39, 0.29) is 18.0 Å². The summed E-state index contributed by atoms with van der Waals surface area (Å²) in [7, 11) is 0. The van der Waals surface area contributed by atoms with Gasteiger partial charge in [-0.3, -0.25) is 4.79 Å². The Morgan fingerprint density at radius 3 is 3.08 bits per heavy atom. The van der Waals surface area contributed by atoms with E-state index in [4.69, 9.17) is 4.74 Å². The Labute approximate surface area is 80.9 Å². The monoisotopic (exact) mass is 197 g/mol. The fourth-order valence-electron chi connectivity index (χ4n) is 1.50. The van der Waals surface area contributed by atoms with Crippen LogP contribution >= 0.6 is 11.5 Å². The van der Waals surface area contributed by atoms with E-state index in [2.05, 4.69) is 4.37 Å². The van der Waals surface area contributed by atoms with Crippen molar-refractivity contribution in [2.24, 2.45) is 0 Å². The van der Waals surface area contributed by atoms with Crippen molar-refractivity contribution in [3.05, 3.63) is 17.1 Å². The second kappa shape index (κ2) is 3.55. The number of aromatic nitrogens is 1. The zero-order valence-electron chi connectivity index (χ0n) is 7.40. The number of Topliss-reactive ketones (excluding diaryl/α,β-unsaturated/α-hetero) is 1. The third-order valence-electron chi connectivity index (χ3n) is 2.21. The first-order chi connectivity index (χ1) is 6.27. The maximum atomic E-state index is 11.7. The van der Waals surface area contributed by atoms with Crippen molar-refractivity contribution in [2.45, 2.75) is 32.0 Å². The van der Waals surface area contributed by atoms with Gasteiger partial charge in [-0.25, -0.2) is 4.37 Å². The second-order valence-electron chi connectivity index (χ2n) is 3.25. The van der Waals surface area contributed by atoms with Gasteiger partial charge >= 0.3 is 0 Å². The lowest BCUT2D eigenvalue weighted by Gasteiger charge is -2.07. The van der Waals surface area contributed by atoms with E-state index < -0.39 is 0 Å². The molecule has 1 saturated heterocycles. The maximum Gasteiger partial charge on any atom is 0.203 e. The highest BCUT2D eigenvalue weighted by atomic mass is 32.1. The Bertz CT molecular complexity index is 297. The first-order valence-electron chi connectivity index (χ1n) is 4.37. The van der Waals surface area contributed by atoms with Gasteiger partial charge in [0.2, 0.25) is 5.78 Å². The number of rotatable bonds is 2. The Hall–Kier alpha value is -0.740. The molecule has 0 radical (unpaired) electrons. The number of hydrogen-bond donors (Lipinski definition) is 0. The van der Waals surface area contributed by atoms with Crippen molar-refractivity contribution in [1.82, 2.24) is 4.37 Å². The summed E-state index contributed by atoms with van der Waals surface area (Å²) in [5, 5.41) is 0. The molecule has 0 saturated carbocycles. The molecule has 0 aliphatic carbocycles. The minimum atomic E-state index is -0.226. The normalized spacial score (nSPS) is 27.8. The summed E-state index contributed by atoms with van der Waals surface area (Å²) in [4.78, 5) is 12.4. The minimum Gasteiger partial charge on any atom is -0.367 e. The average molecular weight is 197 g/mol. The molecule has 2 rings (SSSR count). The quantitative estimate of drug-likeness (QED) is 0.680. The predicted octanol–water partition coefficient (Wildman–Crippen LogP) is 1.89. The lowest BCUT2D eigenvalue weighted by Crippen LogP contribution is -2.19. The zero-order valence-corrected chi connectivity index (χ0v) is 8.21. The lowest BCUT2D eigenvalue weighted by atomic mass is 10.1. The van der Waals surface area contributed by atoms with Crippen LogP contribution in [0, 0.1) is 0 Å². The van der Waals surface area contributed by atoms with Gasteiger partial charge in [-0.2, -0.15) is 0 Å². The van der Waals surface area contributed by atoms with Gasteiger partial charge in [0.15, 0.2) is 0 Å². The number of ketones is 1. The fraction of sp³-hybridized carbons (Fsp3) is 0.556. The van der Waals surface area contributed by atoms with Crippen molar-refractivity contribution < 1.29 is 9.53 Å². The first-order valence-corrected chi connectivity index (χ1v) is 5.15. The molecule has 4 heteroatoms. The van der Waals surface area contributed by atoms with E-state index >= 15 is 0 Å². The van der Waals surface area contributed by atoms with Gasteiger partial charge in [0.1, 0.15) is 6.10 Å². The molecule has 2 heterocycles. The van der Waals surface area contributed by atoms with E-state index in [0.29, 0.717) is 4.88 Å². The standard InChI is InChI=1S/C9H11NO2S/c1-6-2-3-7(12-6)9(11)8-4-5-10-13-8/h4-7H,2-3H2,1H3. The molecule has 3 nitrogen and oxygen atoms in total. The van der Waals surface area contributed by atoms with E-state index in [0.717, 1.165) is 12.8 Å². The molecule has 2 unspecified atom stereocenters. The van der Waals surface area contributed by atoms with Crippen molar-refractivity contribution in [3.63, 3.8) is 0 Å². The van der Waals surface area contributed by atoms with Gasteiger partial charge in [0, 0.05) is 6.20 Å². The third-order valence-corrected chi connectivity index (χ3v) is 2.97. The number of ether oxygens (including phenoxy) is 1. The molecule has 2 atom stereocenters. The number of carbonyl (C=O) groups excluding carboxylic acids is 1. The maximum absolute atomic E-state index is 11.7. The topological polar surface area (TPSA) is 39.2 Å². The van der Waals surface area contributed by atoms with Crippen molar-refractivity contribution in [3.8, 4) is 0 Å². The van der Waals surface area contributed by atoms with E-state index in [1.807, 2.05) is 6.92 Å². The predicted molar refractivity (Wildman–Crippen MR) is 50.0 cm³/mol. The second-order valence-corrected chi connectivity index (χ2v) is 4.09. The summed E-state index contributed by atoms with van der Waals surface area (Å²) in [6.07, 6.45) is 3.47. The van der Waals surface area contributed by atoms with Crippen LogP contribution in [0.5, 0.6) is 0 Å². The molecule has 13 heavy (non-hydrogen) atoms. The average Bonchev–Trinajstić information content (AvgIpc) is 2.72. The molecule has 0 spiro atoms.